The fourth-order valence-corrected chi connectivity index (χ4v) is 4.72. The number of ether oxygens (including phenoxy) is 2. The molecule has 0 spiro atoms. The van der Waals surface area contributed by atoms with Gasteiger partial charge in [0.15, 0.2) is 0 Å². The van der Waals surface area contributed by atoms with Crippen molar-refractivity contribution in [3.63, 3.8) is 0 Å². The number of hydrogen-bond acceptors (Lipinski definition) is 6. The number of fused-ring (bicyclic) bond motifs is 1. The van der Waals surface area contributed by atoms with E-state index in [0.717, 1.165) is 19.3 Å². The second kappa shape index (κ2) is 11.2. The maximum Gasteiger partial charge on any atom is 0.257 e. The molecule has 1 heterocycles. The standard InChI is InChI=1S/C25H35N3O5S/c1-18-14-28(15-20-9-7-6-8-10-20)19(2)17-33-23-13-21(26-34(5,30)31)11-12-22(23)25(29)27(3)16-24(18)32-4/h6-13,18-19,24,26H,14-17H2,1-5H3/t18-,19+,24-/m0/s1. The van der Waals surface area contributed by atoms with Gasteiger partial charge in [0.1, 0.15) is 12.4 Å². The van der Waals surface area contributed by atoms with E-state index < -0.39 is 10.0 Å². The van der Waals surface area contributed by atoms with Crippen LogP contribution in [0.25, 0.3) is 0 Å². The fourth-order valence-electron chi connectivity index (χ4n) is 4.16. The molecule has 0 fully saturated rings. The molecule has 1 amide bonds. The molecule has 1 N–H and O–H groups in total. The summed E-state index contributed by atoms with van der Waals surface area (Å²) in [6, 6.07) is 15.0. The Bertz CT molecular complexity index is 1080. The van der Waals surface area contributed by atoms with Crippen LogP contribution in [-0.4, -0.2) is 76.4 Å². The Kier molecular flexibility index (Phi) is 8.57. The van der Waals surface area contributed by atoms with Crippen LogP contribution in [0, 0.1) is 5.92 Å². The number of sulfonamides is 1. The highest BCUT2D eigenvalue weighted by Gasteiger charge is 2.28. The molecule has 2 aromatic rings. The van der Waals surface area contributed by atoms with Gasteiger partial charge in [-0.15, -0.1) is 0 Å². The molecule has 34 heavy (non-hydrogen) atoms. The van der Waals surface area contributed by atoms with E-state index in [2.05, 4.69) is 35.6 Å². The van der Waals surface area contributed by atoms with Crippen LogP contribution in [0.15, 0.2) is 48.5 Å². The SMILES string of the molecule is CO[C@H]1CN(C)C(=O)c2ccc(NS(C)(=O)=O)cc2OC[C@@H](C)N(Cc2ccccc2)C[C@@H]1C. The Hall–Kier alpha value is -2.62. The number of amides is 1. The Morgan fingerprint density at radius 3 is 2.47 bits per heavy atom. The maximum absolute atomic E-state index is 13.2. The third kappa shape index (κ3) is 6.94. The van der Waals surface area contributed by atoms with E-state index in [0.29, 0.717) is 30.2 Å². The van der Waals surface area contributed by atoms with Crippen LogP contribution in [0.4, 0.5) is 5.69 Å². The number of hydrogen-bond donors (Lipinski definition) is 1. The first-order valence-electron chi connectivity index (χ1n) is 11.4. The first-order valence-corrected chi connectivity index (χ1v) is 13.3. The van der Waals surface area contributed by atoms with Crippen LogP contribution in [0.3, 0.4) is 0 Å². The molecule has 3 atom stereocenters. The van der Waals surface area contributed by atoms with Gasteiger partial charge in [0.2, 0.25) is 10.0 Å². The van der Waals surface area contributed by atoms with E-state index in [1.807, 2.05) is 18.2 Å². The highest BCUT2D eigenvalue weighted by Crippen LogP contribution is 2.27. The average Bonchev–Trinajstić information content (AvgIpc) is 2.79. The van der Waals surface area contributed by atoms with Crippen LogP contribution in [0.5, 0.6) is 5.75 Å². The Labute approximate surface area is 202 Å². The number of nitrogens with one attached hydrogen (secondary N) is 1. The minimum absolute atomic E-state index is 0.0341. The van der Waals surface area contributed by atoms with Gasteiger partial charge >= 0.3 is 0 Å². The topological polar surface area (TPSA) is 88.2 Å². The van der Waals surface area contributed by atoms with Crippen molar-refractivity contribution in [3.8, 4) is 5.75 Å². The van der Waals surface area contributed by atoms with Gasteiger partial charge in [-0.2, -0.15) is 0 Å². The van der Waals surface area contributed by atoms with Crippen LogP contribution >= 0.6 is 0 Å². The van der Waals surface area contributed by atoms with Crippen LogP contribution < -0.4 is 9.46 Å². The number of nitrogens with zero attached hydrogens (tertiary/aromatic N) is 2. The highest BCUT2D eigenvalue weighted by molar-refractivity contribution is 7.92. The number of methoxy groups -OCH3 is 1. The van der Waals surface area contributed by atoms with Gasteiger partial charge < -0.3 is 14.4 Å². The molecule has 0 radical (unpaired) electrons. The summed E-state index contributed by atoms with van der Waals surface area (Å²) in [5, 5.41) is 0. The van der Waals surface area contributed by atoms with Crippen LogP contribution in [0.2, 0.25) is 0 Å². The largest absolute Gasteiger partial charge is 0.491 e. The number of rotatable bonds is 5. The van der Waals surface area contributed by atoms with Crippen molar-refractivity contribution in [3.05, 3.63) is 59.7 Å². The minimum Gasteiger partial charge on any atom is -0.491 e. The summed E-state index contributed by atoms with van der Waals surface area (Å²) in [7, 11) is -0.0478. The van der Waals surface area contributed by atoms with E-state index >= 15 is 0 Å². The summed E-state index contributed by atoms with van der Waals surface area (Å²) in [6.07, 6.45) is 0.941. The van der Waals surface area contributed by atoms with Gasteiger partial charge in [-0.05, 0) is 30.5 Å². The second-order valence-corrected chi connectivity index (χ2v) is 10.8. The maximum atomic E-state index is 13.2. The van der Waals surface area contributed by atoms with Crippen molar-refractivity contribution in [2.24, 2.45) is 5.92 Å². The average molecular weight is 490 g/mol. The molecule has 2 aromatic carbocycles. The number of carbonyl (C=O) groups is 1. The van der Waals surface area contributed by atoms with Crippen molar-refractivity contribution < 1.29 is 22.7 Å². The van der Waals surface area contributed by atoms with Gasteiger partial charge in [-0.1, -0.05) is 37.3 Å². The molecule has 0 saturated heterocycles. The number of anilines is 1. The predicted octanol–water partition coefficient (Wildman–Crippen LogP) is 3.06. The van der Waals surface area contributed by atoms with Gasteiger partial charge in [-0.3, -0.25) is 14.4 Å². The summed E-state index contributed by atoms with van der Waals surface area (Å²) in [5.74, 6) is 0.316. The number of benzene rings is 2. The molecule has 0 bridgehead atoms. The molecule has 0 aromatic heterocycles. The normalized spacial score (nSPS) is 22.8. The third-order valence-corrected chi connectivity index (χ3v) is 6.71. The lowest BCUT2D eigenvalue weighted by atomic mass is 10.0. The van der Waals surface area contributed by atoms with E-state index in [4.69, 9.17) is 9.47 Å². The Balaban J connectivity index is 1.96. The molecule has 3 rings (SSSR count). The monoisotopic (exact) mass is 489 g/mol. The predicted molar refractivity (Wildman–Crippen MR) is 134 cm³/mol. The summed E-state index contributed by atoms with van der Waals surface area (Å²) in [5.41, 5.74) is 1.93. The Morgan fingerprint density at radius 2 is 1.82 bits per heavy atom. The fraction of sp³-hybridized carbons (Fsp3) is 0.480. The molecule has 9 heteroatoms. The summed E-state index contributed by atoms with van der Waals surface area (Å²) in [6.45, 7) is 6.51. The molecule has 0 unspecified atom stereocenters. The summed E-state index contributed by atoms with van der Waals surface area (Å²) >= 11 is 0. The smallest absolute Gasteiger partial charge is 0.257 e. The quantitative estimate of drug-likeness (QED) is 0.695. The molecule has 0 saturated carbocycles. The van der Waals surface area contributed by atoms with Gasteiger partial charge in [0.05, 0.1) is 23.6 Å². The van der Waals surface area contributed by atoms with Gasteiger partial charge in [0.25, 0.3) is 5.91 Å². The Morgan fingerprint density at radius 1 is 1.12 bits per heavy atom. The molecule has 1 aliphatic heterocycles. The van der Waals surface area contributed by atoms with Crippen molar-refractivity contribution >= 4 is 21.6 Å². The lowest BCUT2D eigenvalue weighted by molar-refractivity contribution is 0.00922. The van der Waals surface area contributed by atoms with Crippen molar-refractivity contribution in [2.45, 2.75) is 32.5 Å². The lowest BCUT2D eigenvalue weighted by Crippen LogP contribution is -2.46. The van der Waals surface area contributed by atoms with E-state index in [1.54, 1.807) is 37.3 Å². The first-order chi connectivity index (χ1) is 16.1. The van der Waals surface area contributed by atoms with E-state index in [9.17, 15) is 13.2 Å². The van der Waals surface area contributed by atoms with Crippen molar-refractivity contribution in [1.29, 1.82) is 0 Å². The van der Waals surface area contributed by atoms with Crippen LogP contribution in [0.1, 0.15) is 29.8 Å². The van der Waals surface area contributed by atoms with Crippen LogP contribution in [-0.2, 0) is 21.3 Å². The zero-order valence-electron chi connectivity index (χ0n) is 20.5. The van der Waals surface area contributed by atoms with Crippen molar-refractivity contribution in [1.82, 2.24) is 9.80 Å². The zero-order chi connectivity index (χ0) is 24.9. The lowest BCUT2D eigenvalue weighted by Gasteiger charge is -2.36. The number of carbonyl (C=O) groups excluding carboxylic acids is 1. The molecule has 1 aliphatic rings. The molecule has 8 nitrogen and oxygen atoms in total. The zero-order valence-corrected chi connectivity index (χ0v) is 21.3. The van der Waals surface area contributed by atoms with Gasteiger partial charge in [-0.25, -0.2) is 8.42 Å². The molecule has 186 valence electrons. The number of likely N-dealkylation sites (N-methyl/N-ethyl adjacent to an activating group) is 1. The third-order valence-electron chi connectivity index (χ3n) is 6.11. The minimum atomic E-state index is -3.46. The first kappa shape index (κ1) is 26.0. The second-order valence-electron chi connectivity index (χ2n) is 9.10. The summed E-state index contributed by atoms with van der Waals surface area (Å²) in [4.78, 5) is 17.2. The molecular formula is C25H35N3O5S. The van der Waals surface area contributed by atoms with Crippen molar-refractivity contribution in [2.75, 3.05) is 44.8 Å². The molecular weight excluding hydrogens is 454 g/mol. The highest BCUT2D eigenvalue weighted by atomic mass is 32.2. The van der Waals surface area contributed by atoms with Gasteiger partial charge in [0, 0.05) is 45.9 Å². The molecule has 0 aliphatic carbocycles. The van der Waals surface area contributed by atoms with E-state index in [1.165, 1.54) is 5.56 Å². The van der Waals surface area contributed by atoms with E-state index in [-0.39, 0.29) is 24.0 Å². The summed E-state index contributed by atoms with van der Waals surface area (Å²) < 4.78 is 37.8.